The molecular weight excluding hydrogens is 259 g/mol. The molecule has 1 saturated heterocycles. The second-order valence-electron chi connectivity index (χ2n) is 5.42. The van der Waals surface area contributed by atoms with Crippen LogP contribution in [0.1, 0.15) is 12.0 Å². The molecule has 1 aromatic carbocycles. The normalized spacial score (nSPS) is 18.9. The van der Waals surface area contributed by atoms with Crippen LogP contribution in [-0.2, 0) is 11.2 Å². The fourth-order valence-electron chi connectivity index (χ4n) is 2.61. The molecule has 1 aromatic rings. The van der Waals surface area contributed by atoms with E-state index in [1.165, 1.54) is 12.1 Å². The van der Waals surface area contributed by atoms with Gasteiger partial charge in [0.05, 0.1) is 6.42 Å². The average Bonchev–Trinajstić information content (AvgIpc) is 2.41. The third-order valence-corrected chi connectivity index (χ3v) is 3.85. The Kier molecular flexibility index (Phi) is 5.09. The van der Waals surface area contributed by atoms with E-state index < -0.39 is 5.97 Å². The maximum atomic E-state index is 12.9. The van der Waals surface area contributed by atoms with Gasteiger partial charge in [0.1, 0.15) is 5.82 Å². The summed E-state index contributed by atoms with van der Waals surface area (Å²) < 4.78 is 12.9. The molecule has 4 nitrogen and oxygen atoms in total. The van der Waals surface area contributed by atoms with E-state index in [9.17, 15) is 9.18 Å². The van der Waals surface area contributed by atoms with Gasteiger partial charge >= 0.3 is 5.97 Å². The summed E-state index contributed by atoms with van der Waals surface area (Å²) in [5, 5.41) is 9.09. The quantitative estimate of drug-likeness (QED) is 0.887. The lowest BCUT2D eigenvalue weighted by atomic mass is 10.0. The van der Waals surface area contributed by atoms with Crippen molar-refractivity contribution in [2.75, 3.05) is 33.2 Å². The van der Waals surface area contributed by atoms with Crippen LogP contribution < -0.4 is 0 Å². The van der Waals surface area contributed by atoms with Crippen molar-refractivity contribution >= 4 is 5.97 Å². The lowest BCUT2D eigenvalue weighted by molar-refractivity contribution is -0.138. The molecule has 0 bridgehead atoms. The molecule has 1 aliphatic heterocycles. The lowest BCUT2D eigenvalue weighted by Crippen LogP contribution is -2.50. The summed E-state index contributed by atoms with van der Waals surface area (Å²) in [5.41, 5.74) is 0.983. The molecule has 0 saturated carbocycles. The van der Waals surface area contributed by atoms with E-state index in [0.717, 1.165) is 31.7 Å². The van der Waals surface area contributed by atoms with Crippen LogP contribution in [0.15, 0.2) is 24.3 Å². The predicted molar refractivity (Wildman–Crippen MR) is 75.2 cm³/mol. The van der Waals surface area contributed by atoms with Crippen molar-refractivity contribution in [1.82, 2.24) is 9.80 Å². The summed E-state index contributed by atoms with van der Waals surface area (Å²) in [7, 11) is 2.07. The topological polar surface area (TPSA) is 43.8 Å². The Morgan fingerprint density at radius 3 is 2.40 bits per heavy atom. The first-order chi connectivity index (χ1) is 9.54. The van der Waals surface area contributed by atoms with Gasteiger partial charge in [-0.25, -0.2) is 4.39 Å². The number of hydrogen-bond donors (Lipinski definition) is 1. The first-order valence-electron chi connectivity index (χ1n) is 6.93. The van der Waals surface area contributed by atoms with E-state index in [4.69, 9.17) is 5.11 Å². The van der Waals surface area contributed by atoms with Crippen LogP contribution in [0.3, 0.4) is 0 Å². The number of carboxylic acid groups (broad SMARTS) is 1. The molecule has 0 amide bonds. The molecule has 1 atom stereocenters. The Hall–Kier alpha value is -1.46. The zero-order chi connectivity index (χ0) is 14.5. The Balaban J connectivity index is 2.03. The minimum Gasteiger partial charge on any atom is -0.481 e. The number of piperazine rings is 1. The standard InChI is InChI=1S/C15H21FN2O2/c1-17-6-8-18(9-7-17)14(11-15(19)20)10-12-2-4-13(16)5-3-12/h2-5,14H,6-11H2,1H3,(H,19,20). The minimum atomic E-state index is -0.781. The van der Waals surface area contributed by atoms with Gasteiger partial charge < -0.3 is 10.0 Å². The summed E-state index contributed by atoms with van der Waals surface area (Å²) in [6, 6.07) is 6.31. The van der Waals surface area contributed by atoms with Crippen LogP contribution in [0.5, 0.6) is 0 Å². The Morgan fingerprint density at radius 2 is 1.85 bits per heavy atom. The molecular formula is C15H21FN2O2. The number of carboxylic acids is 1. The highest BCUT2D eigenvalue weighted by atomic mass is 19.1. The molecule has 5 heteroatoms. The van der Waals surface area contributed by atoms with Gasteiger partial charge in [0.15, 0.2) is 0 Å². The minimum absolute atomic E-state index is 0.0216. The Morgan fingerprint density at radius 1 is 1.25 bits per heavy atom. The zero-order valence-corrected chi connectivity index (χ0v) is 11.8. The number of nitrogens with zero attached hydrogens (tertiary/aromatic N) is 2. The fraction of sp³-hybridized carbons (Fsp3) is 0.533. The van der Waals surface area contributed by atoms with Crippen LogP contribution in [0.25, 0.3) is 0 Å². The predicted octanol–water partition coefficient (Wildman–Crippen LogP) is 1.46. The molecule has 0 aromatic heterocycles. The maximum absolute atomic E-state index is 12.9. The second kappa shape index (κ2) is 6.81. The summed E-state index contributed by atoms with van der Waals surface area (Å²) in [6.45, 7) is 3.68. The van der Waals surface area contributed by atoms with Crippen molar-refractivity contribution in [3.63, 3.8) is 0 Å². The highest BCUT2D eigenvalue weighted by Crippen LogP contribution is 2.15. The molecule has 1 unspecified atom stereocenters. The fourth-order valence-corrected chi connectivity index (χ4v) is 2.61. The molecule has 2 rings (SSSR count). The number of hydrogen-bond acceptors (Lipinski definition) is 3. The third-order valence-electron chi connectivity index (χ3n) is 3.85. The molecule has 1 fully saturated rings. The highest BCUT2D eigenvalue weighted by molar-refractivity contribution is 5.67. The van der Waals surface area contributed by atoms with Crippen molar-refractivity contribution in [3.05, 3.63) is 35.6 Å². The molecule has 20 heavy (non-hydrogen) atoms. The number of halogens is 1. The summed E-state index contributed by atoms with van der Waals surface area (Å²) in [5.74, 6) is -1.04. The van der Waals surface area contributed by atoms with E-state index >= 15 is 0 Å². The monoisotopic (exact) mass is 280 g/mol. The smallest absolute Gasteiger partial charge is 0.304 e. The van der Waals surface area contributed by atoms with Crippen LogP contribution in [-0.4, -0.2) is 60.1 Å². The van der Waals surface area contributed by atoms with Gasteiger partial charge in [0.25, 0.3) is 0 Å². The number of rotatable bonds is 5. The second-order valence-corrected chi connectivity index (χ2v) is 5.42. The summed E-state index contributed by atoms with van der Waals surface area (Å²) >= 11 is 0. The number of aliphatic carboxylic acids is 1. The highest BCUT2D eigenvalue weighted by Gasteiger charge is 2.24. The number of benzene rings is 1. The zero-order valence-electron chi connectivity index (χ0n) is 11.8. The van der Waals surface area contributed by atoms with Crippen molar-refractivity contribution in [2.45, 2.75) is 18.9 Å². The van der Waals surface area contributed by atoms with Gasteiger partial charge in [0, 0.05) is 32.2 Å². The molecule has 1 heterocycles. The Labute approximate surface area is 118 Å². The van der Waals surface area contributed by atoms with Crippen LogP contribution in [0, 0.1) is 5.82 Å². The van der Waals surface area contributed by atoms with Gasteiger partial charge in [-0.15, -0.1) is 0 Å². The molecule has 110 valence electrons. The van der Waals surface area contributed by atoms with Crippen LogP contribution in [0.2, 0.25) is 0 Å². The first kappa shape index (κ1) is 14.9. The van der Waals surface area contributed by atoms with E-state index in [-0.39, 0.29) is 18.3 Å². The summed E-state index contributed by atoms with van der Waals surface area (Å²) in [4.78, 5) is 15.5. The van der Waals surface area contributed by atoms with Crippen molar-refractivity contribution in [3.8, 4) is 0 Å². The lowest BCUT2D eigenvalue weighted by Gasteiger charge is -2.37. The van der Waals surface area contributed by atoms with E-state index in [2.05, 4.69) is 16.8 Å². The van der Waals surface area contributed by atoms with E-state index in [1.807, 2.05) is 0 Å². The summed E-state index contributed by atoms with van der Waals surface area (Å²) in [6.07, 6.45) is 0.775. The van der Waals surface area contributed by atoms with Gasteiger partial charge in [-0.2, -0.15) is 0 Å². The van der Waals surface area contributed by atoms with Gasteiger partial charge in [-0.1, -0.05) is 12.1 Å². The van der Waals surface area contributed by atoms with Gasteiger partial charge in [-0.05, 0) is 31.2 Å². The maximum Gasteiger partial charge on any atom is 0.304 e. The molecule has 0 aliphatic carbocycles. The SMILES string of the molecule is CN1CCN(C(CC(=O)O)Cc2ccc(F)cc2)CC1. The molecule has 0 spiro atoms. The largest absolute Gasteiger partial charge is 0.481 e. The number of carbonyl (C=O) groups is 1. The first-order valence-corrected chi connectivity index (χ1v) is 6.93. The van der Waals surface area contributed by atoms with Gasteiger partial charge in [0.2, 0.25) is 0 Å². The van der Waals surface area contributed by atoms with E-state index in [0.29, 0.717) is 6.42 Å². The van der Waals surface area contributed by atoms with Crippen molar-refractivity contribution < 1.29 is 14.3 Å². The van der Waals surface area contributed by atoms with Crippen LogP contribution in [0.4, 0.5) is 4.39 Å². The number of likely N-dealkylation sites (N-methyl/N-ethyl adjacent to an activating group) is 1. The van der Waals surface area contributed by atoms with E-state index in [1.54, 1.807) is 12.1 Å². The molecule has 1 aliphatic rings. The third kappa shape index (κ3) is 4.28. The van der Waals surface area contributed by atoms with Crippen molar-refractivity contribution in [1.29, 1.82) is 0 Å². The van der Waals surface area contributed by atoms with Crippen molar-refractivity contribution in [2.24, 2.45) is 0 Å². The average molecular weight is 280 g/mol. The molecule has 0 radical (unpaired) electrons. The van der Waals surface area contributed by atoms with Crippen LogP contribution >= 0.6 is 0 Å². The van der Waals surface area contributed by atoms with Gasteiger partial charge in [-0.3, -0.25) is 9.69 Å². The Bertz CT molecular complexity index is 442. The molecule has 1 N–H and O–H groups in total.